The van der Waals surface area contributed by atoms with Crippen LogP contribution in [0.4, 0.5) is 10.1 Å². The molecule has 0 bridgehead atoms. The molecule has 0 amide bonds. The van der Waals surface area contributed by atoms with Gasteiger partial charge in [0.1, 0.15) is 5.82 Å². The molecule has 28 heavy (non-hydrogen) atoms. The Balaban J connectivity index is 1.22. The Morgan fingerprint density at radius 3 is 2.50 bits per heavy atom. The minimum Gasteiger partial charge on any atom is -0.369 e. The van der Waals surface area contributed by atoms with Crippen LogP contribution in [0.25, 0.3) is 0 Å². The van der Waals surface area contributed by atoms with E-state index in [1.54, 1.807) is 18.0 Å². The lowest BCUT2D eigenvalue weighted by atomic mass is 10.1. The van der Waals surface area contributed by atoms with Gasteiger partial charge in [-0.1, -0.05) is 17.7 Å². The molecule has 4 nitrogen and oxygen atoms in total. The lowest BCUT2D eigenvalue weighted by Gasteiger charge is -2.36. The molecule has 0 radical (unpaired) electrons. The molecule has 0 aromatic heterocycles. The van der Waals surface area contributed by atoms with Crippen LogP contribution >= 0.6 is 23.5 Å². The summed E-state index contributed by atoms with van der Waals surface area (Å²) >= 11 is 7.80. The SMILES string of the molecule is O=C1CN(CCCN2CCN(c3ccc(F)cc3)CC2)Sc2cccc(Cl)c21. The molecule has 1 saturated heterocycles. The van der Waals surface area contributed by atoms with E-state index in [4.69, 9.17) is 11.6 Å². The number of rotatable bonds is 5. The number of anilines is 1. The van der Waals surface area contributed by atoms with Crippen LogP contribution in [0.15, 0.2) is 47.4 Å². The monoisotopic (exact) mass is 419 g/mol. The Labute approximate surface area is 174 Å². The van der Waals surface area contributed by atoms with E-state index < -0.39 is 0 Å². The fraction of sp³-hybridized carbons (Fsp3) is 0.381. The highest BCUT2D eigenvalue weighted by molar-refractivity contribution is 7.97. The van der Waals surface area contributed by atoms with Gasteiger partial charge in [-0.15, -0.1) is 0 Å². The van der Waals surface area contributed by atoms with Crippen LogP contribution in [-0.4, -0.2) is 60.8 Å². The number of nitrogens with zero attached hydrogens (tertiary/aromatic N) is 3. The van der Waals surface area contributed by atoms with Crippen molar-refractivity contribution in [1.82, 2.24) is 9.21 Å². The maximum absolute atomic E-state index is 13.1. The lowest BCUT2D eigenvalue weighted by Crippen LogP contribution is -2.47. The quantitative estimate of drug-likeness (QED) is 0.677. The van der Waals surface area contributed by atoms with Crippen molar-refractivity contribution in [1.29, 1.82) is 0 Å². The summed E-state index contributed by atoms with van der Waals surface area (Å²) in [5.41, 5.74) is 1.75. The second-order valence-corrected chi connectivity index (χ2v) is 8.70. The molecule has 2 aromatic carbocycles. The van der Waals surface area contributed by atoms with Crippen LogP contribution in [0.3, 0.4) is 0 Å². The number of hydrogen-bond donors (Lipinski definition) is 0. The lowest BCUT2D eigenvalue weighted by molar-refractivity contribution is 0.0961. The van der Waals surface area contributed by atoms with Crippen molar-refractivity contribution in [2.24, 2.45) is 0 Å². The maximum Gasteiger partial charge on any atom is 0.180 e. The van der Waals surface area contributed by atoms with Crippen LogP contribution in [-0.2, 0) is 0 Å². The van der Waals surface area contributed by atoms with E-state index in [1.165, 1.54) is 12.1 Å². The van der Waals surface area contributed by atoms with Gasteiger partial charge in [0.2, 0.25) is 0 Å². The summed E-state index contributed by atoms with van der Waals surface area (Å²) in [6.45, 7) is 6.22. The second-order valence-electron chi connectivity index (χ2n) is 7.15. The molecular weight excluding hydrogens is 397 g/mol. The first-order valence-electron chi connectivity index (χ1n) is 9.57. The van der Waals surface area contributed by atoms with Gasteiger partial charge >= 0.3 is 0 Å². The number of ketones is 1. The van der Waals surface area contributed by atoms with Gasteiger partial charge in [-0.2, -0.15) is 0 Å². The van der Waals surface area contributed by atoms with E-state index in [0.717, 1.165) is 56.3 Å². The molecule has 0 unspecified atom stereocenters. The van der Waals surface area contributed by atoms with Crippen molar-refractivity contribution in [2.45, 2.75) is 11.3 Å². The first-order chi connectivity index (χ1) is 13.6. The third kappa shape index (κ3) is 4.51. The molecule has 2 aliphatic heterocycles. The summed E-state index contributed by atoms with van der Waals surface area (Å²) in [5, 5.41) is 0.550. The first-order valence-corrected chi connectivity index (χ1v) is 10.7. The van der Waals surface area contributed by atoms with Crippen molar-refractivity contribution in [2.75, 3.05) is 50.7 Å². The Kier molecular flexibility index (Phi) is 6.21. The third-order valence-corrected chi connectivity index (χ3v) is 6.67. The minimum atomic E-state index is -0.193. The van der Waals surface area contributed by atoms with E-state index in [2.05, 4.69) is 14.1 Å². The number of piperazine rings is 1. The van der Waals surface area contributed by atoms with Gasteiger partial charge < -0.3 is 4.90 Å². The summed E-state index contributed by atoms with van der Waals surface area (Å²) < 4.78 is 15.2. The van der Waals surface area contributed by atoms with E-state index >= 15 is 0 Å². The summed E-state index contributed by atoms with van der Waals surface area (Å²) in [4.78, 5) is 18.1. The summed E-state index contributed by atoms with van der Waals surface area (Å²) in [7, 11) is 0. The molecule has 0 saturated carbocycles. The number of halogens is 2. The van der Waals surface area contributed by atoms with Crippen LogP contribution in [0.1, 0.15) is 16.8 Å². The molecular formula is C21H23ClFN3OS. The number of carbonyl (C=O) groups is 1. The molecule has 1 fully saturated rings. The van der Waals surface area contributed by atoms with Gasteiger partial charge in [0.15, 0.2) is 5.78 Å². The number of Topliss-reactive ketones (excluding diaryl/α,β-unsaturated/α-hetero) is 1. The maximum atomic E-state index is 13.1. The molecule has 2 aliphatic rings. The Hall–Kier alpha value is -1.60. The largest absolute Gasteiger partial charge is 0.369 e. The Morgan fingerprint density at radius 2 is 1.75 bits per heavy atom. The zero-order valence-electron chi connectivity index (χ0n) is 15.6. The molecule has 7 heteroatoms. The van der Waals surface area contributed by atoms with Crippen LogP contribution in [0.2, 0.25) is 5.02 Å². The van der Waals surface area contributed by atoms with Crippen molar-refractivity contribution in [3.63, 3.8) is 0 Å². The zero-order chi connectivity index (χ0) is 19.5. The van der Waals surface area contributed by atoms with Crippen LogP contribution < -0.4 is 4.90 Å². The van der Waals surface area contributed by atoms with E-state index in [0.29, 0.717) is 17.1 Å². The van der Waals surface area contributed by atoms with Crippen molar-refractivity contribution >= 4 is 35.0 Å². The average Bonchev–Trinajstić information content (AvgIpc) is 2.69. The molecule has 148 valence electrons. The van der Waals surface area contributed by atoms with Gasteiger partial charge in [-0.05, 0) is 61.3 Å². The van der Waals surface area contributed by atoms with Crippen molar-refractivity contribution in [3.05, 3.63) is 58.9 Å². The molecule has 0 aliphatic carbocycles. The minimum absolute atomic E-state index is 0.104. The normalized spacial score (nSPS) is 18.4. The predicted octanol–water partition coefficient (Wildman–Crippen LogP) is 4.20. The van der Waals surface area contributed by atoms with Crippen LogP contribution in [0.5, 0.6) is 0 Å². The molecule has 0 N–H and O–H groups in total. The molecule has 2 aromatic rings. The second kappa shape index (κ2) is 8.82. The van der Waals surface area contributed by atoms with E-state index in [9.17, 15) is 9.18 Å². The molecule has 2 heterocycles. The third-order valence-electron chi connectivity index (χ3n) is 5.25. The highest BCUT2D eigenvalue weighted by Crippen LogP contribution is 2.35. The van der Waals surface area contributed by atoms with Gasteiger partial charge in [0.05, 0.1) is 17.1 Å². The number of fused-ring (bicyclic) bond motifs is 1. The number of hydrogen-bond acceptors (Lipinski definition) is 5. The Bertz CT molecular complexity index is 840. The average molecular weight is 420 g/mol. The summed E-state index contributed by atoms with van der Waals surface area (Å²) in [5.74, 6) is -0.0893. The molecule has 0 atom stereocenters. The zero-order valence-corrected chi connectivity index (χ0v) is 17.2. The first kappa shape index (κ1) is 19.7. The van der Waals surface area contributed by atoms with Crippen molar-refractivity contribution < 1.29 is 9.18 Å². The summed E-state index contributed by atoms with van der Waals surface area (Å²) in [6, 6.07) is 12.4. The van der Waals surface area contributed by atoms with Gasteiger partial charge in [0, 0.05) is 43.3 Å². The molecule has 4 rings (SSSR count). The van der Waals surface area contributed by atoms with Crippen molar-refractivity contribution in [3.8, 4) is 0 Å². The van der Waals surface area contributed by atoms with Gasteiger partial charge in [-0.25, -0.2) is 8.70 Å². The van der Waals surface area contributed by atoms with Crippen LogP contribution in [0, 0.1) is 5.82 Å². The standard InChI is InChI=1S/C21H23ClFN3OS/c22-18-3-1-4-20-21(18)19(27)15-26(28-20)10-2-9-24-11-13-25(14-12-24)17-7-5-16(23)6-8-17/h1,3-8H,2,9-15H2. The van der Waals surface area contributed by atoms with E-state index in [-0.39, 0.29) is 11.6 Å². The number of benzene rings is 2. The van der Waals surface area contributed by atoms with Gasteiger partial charge in [0.25, 0.3) is 0 Å². The van der Waals surface area contributed by atoms with Gasteiger partial charge in [-0.3, -0.25) is 9.69 Å². The summed E-state index contributed by atoms with van der Waals surface area (Å²) in [6.07, 6.45) is 1.02. The Morgan fingerprint density at radius 1 is 1.00 bits per heavy atom. The smallest absolute Gasteiger partial charge is 0.180 e. The fourth-order valence-corrected chi connectivity index (χ4v) is 5.21. The highest BCUT2D eigenvalue weighted by Gasteiger charge is 2.26. The topological polar surface area (TPSA) is 26.8 Å². The highest BCUT2D eigenvalue weighted by atomic mass is 35.5. The predicted molar refractivity (Wildman–Crippen MR) is 113 cm³/mol. The van der Waals surface area contributed by atoms with E-state index in [1.807, 2.05) is 24.3 Å². The molecule has 0 spiro atoms. The number of carbonyl (C=O) groups excluding carboxylic acids is 1. The fourth-order valence-electron chi connectivity index (χ4n) is 3.74.